The molecule has 2 aromatic carbocycles. The lowest BCUT2D eigenvalue weighted by molar-refractivity contribution is -0.132. The Hall–Kier alpha value is -3.06. The van der Waals surface area contributed by atoms with Gasteiger partial charge in [-0.1, -0.05) is 47.6 Å². The molecule has 0 bridgehead atoms. The van der Waals surface area contributed by atoms with Crippen LogP contribution in [0.4, 0.5) is 0 Å². The van der Waals surface area contributed by atoms with Crippen LogP contribution in [0.15, 0.2) is 70.1 Å². The van der Waals surface area contributed by atoms with E-state index in [9.17, 15) is 9.59 Å². The van der Waals surface area contributed by atoms with Crippen molar-refractivity contribution < 1.29 is 14.1 Å². The molecular formula is C26H29N3O3S. The number of amides is 2. The maximum atomic E-state index is 13.2. The Labute approximate surface area is 198 Å². The first-order valence-electron chi connectivity index (χ1n) is 11.3. The summed E-state index contributed by atoms with van der Waals surface area (Å²) < 4.78 is 5.29. The normalized spacial score (nSPS) is 13.8. The van der Waals surface area contributed by atoms with Gasteiger partial charge in [-0.15, -0.1) is 11.8 Å². The van der Waals surface area contributed by atoms with Crippen molar-refractivity contribution in [3.8, 4) is 0 Å². The van der Waals surface area contributed by atoms with E-state index in [-0.39, 0.29) is 11.8 Å². The molecule has 2 heterocycles. The Kier molecular flexibility index (Phi) is 7.83. The van der Waals surface area contributed by atoms with E-state index in [1.165, 1.54) is 5.56 Å². The van der Waals surface area contributed by atoms with Crippen LogP contribution in [0, 0.1) is 6.92 Å². The number of hydrogen-bond acceptors (Lipinski definition) is 5. The van der Waals surface area contributed by atoms with Gasteiger partial charge in [-0.2, -0.15) is 0 Å². The molecule has 172 valence electrons. The molecule has 7 heteroatoms. The van der Waals surface area contributed by atoms with Gasteiger partial charge in [0.25, 0.3) is 5.91 Å². The zero-order valence-corrected chi connectivity index (χ0v) is 19.7. The summed E-state index contributed by atoms with van der Waals surface area (Å²) in [6.45, 7) is 4.18. The lowest BCUT2D eigenvalue weighted by Crippen LogP contribution is -2.50. The van der Waals surface area contributed by atoms with E-state index in [2.05, 4.69) is 17.3 Å². The fourth-order valence-electron chi connectivity index (χ4n) is 3.98. The Bertz CT molecular complexity index is 1080. The number of thioether (sulfide) groups is 1. The van der Waals surface area contributed by atoms with Crippen LogP contribution in [0.2, 0.25) is 0 Å². The summed E-state index contributed by atoms with van der Waals surface area (Å²) >= 11 is 1.57. The molecule has 0 N–H and O–H groups in total. The number of aromatic nitrogens is 1. The van der Waals surface area contributed by atoms with Crippen molar-refractivity contribution in [2.24, 2.45) is 0 Å². The number of carbonyl (C=O) groups excluding carboxylic acids is 2. The predicted molar refractivity (Wildman–Crippen MR) is 129 cm³/mol. The molecule has 1 aliphatic heterocycles. The largest absolute Gasteiger partial charge is 0.360 e. The molecule has 1 saturated heterocycles. The van der Waals surface area contributed by atoms with E-state index < -0.39 is 0 Å². The summed E-state index contributed by atoms with van der Waals surface area (Å²) in [4.78, 5) is 30.5. The molecule has 33 heavy (non-hydrogen) atoms. The Morgan fingerprint density at radius 3 is 2.39 bits per heavy atom. The van der Waals surface area contributed by atoms with Crippen molar-refractivity contribution in [2.75, 3.05) is 26.2 Å². The SMILES string of the molecule is Cc1cc(CSc2ccccc2C(=O)N2CCN(C(=O)CCCc3ccccc3)CC2)on1. The molecule has 4 rings (SSSR count). The highest BCUT2D eigenvalue weighted by Gasteiger charge is 2.26. The van der Waals surface area contributed by atoms with Gasteiger partial charge in [-0.25, -0.2) is 0 Å². The molecule has 0 radical (unpaired) electrons. The van der Waals surface area contributed by atoms with Gasteiger partial charge in [0.1, 0.15) is 5.76 Å². The average Bonchev–Trinajstić information content (AvgIpc) is 3.28. The van der Waals surface area contributed by atoms with Crippen LogP contribution in [0.1, 0.15) is 40.2 Å². The van der Waals surface area contributed by atoms with Gasteiger partial charge in [-0.05, 0) is 37.5 Å². The quantitative estimate of drug-likeness (QED) is 0.458. The highest BCUT2D eigenvalue weighted by molar-refractivity contribution is 7.98. The Morgan fingerprint density at radius 1 is 0.970 bits per heavy atom. The van der Waals surface area contributed by atoms with E-state index in [0.29, 0.717) is 43.9 Å². The molecular weight excluding hydrogens is 434 g/mol. The number of rotatable bonds is 8. The molecule has 0 saturated carbocycles. The summed E-state index contributed by atoms with van der Waals surface area (Å²) in [5.41, 5.74) is 2.81. The Balaban J connectivity index is 1.27. The maximum absolute atomic E-state index is 13.2. The van der Waals surface area contributed by atoms with Crippen molar-refractivity contribution in [1.82, 2.24) is 15.0 Å². The van der Waals surface area contributed by atoms with Crippen LogP contribution < -0.4 is 0 Å². The summed E-state index contributed by atoms with van der Waals surface area (Å²) in [5, 5.41) is 3.92. The first-order valence-corrected chi connectivity index (χ1v) is 12.3. The van der Waals surface area contributed by atoms with E-state index >= 15 is 0 Å². The van der Waals surface area contributed by atoms with Gasteiger partial charge in [0.05, 0.1) is 17.0 Å². The highest BCUT2D eigenvalue weighted by Crippen LogP contribution is 2.28. The smallest absolute Gasteiger partial charge is 0.255 e. The van der Waals surface area contributed by atoms with Crippen LogP contribution in [0.25, 0.3) is 0 Å². The predicted octanol–water partition coefficient (Wildman–Crippen LogP) is 4.58. The summed E-state index contributed by atoms with van der Waals surface area (Å²) in [6.07, 6.45) is 2.30. The van der Waals surface area contributed by atoms with Gasteiger partial charge >= 0.3 is 0 Å². The standard InChI is InChI=1S/C26H29N3O3S/c1-20-18-22(32-27-20)19-33-24-12-6-5-11-23(24)26(31)29-16-14-28(15-17-29)25(30)13-7-10-21-8-3-2-4-9-21/h2-6,8-9,11-12,18H,7,10,13-17,19H2,1H3. The third kappa shape index (κ3) is 6.26. The van der Waals surface area contributed by atoms with Crippen molar-refractivity contribution >= 4 is 23.6 Å². The number of piperazine rings is 1. The molecule has 1 fully saturated rings. The van der Waals surface area contributed by atoms with Crippen molar-refractivity contribution in [3.63, 3.8) is 0 Å². The molecule has 1 aromatic heterocycles. The fourth-order valence-corrected chi connectivity index (χ4v) is 4.90. The average molecular weight is 464 g/mol. The number of hydrogen-bond donors (Lipinski definition) is 0. The molecule has 1 aliphatic rings. The maximum Gasteiger partial charge on any atom is 0.255 e. The zero-order valence-electron chi connectivity index (χ0n) is 18.9. The van der Waals surface area contributed by atoms with Gasteiger partial charge in [0.2, 0.25) is 5.91 Å². The minimum absolute atomic E-state index is 0.0167. The summed E-state index contributed by atoms with van der Waals surface area (Å²) in [6, 6.07) is 19.8. The number of carbonyl (C=O) groups is 2. The summed E-state index contributed by atoms with van der Waals surface area (Å²) in [7, 11) is 0. The first kappa shape index (κ1) is 23.1. The van der Waals surface area contributed by atoms with Gasteiger partial charge in [0, 0.05) is 43.6 Å². The lowest BCUT2D eigenvalue weighted by Gasteiger charge is -2.35. The first-order chi connectivity index (χ1) is 16.1. The number of aryl methyl sites for hydroxylation is 2. The van der Waals surface area contributed by atoms with Crippen molar-refractivity contribution in [3.05, 3.63) is 83.2 Å². The third-order valence-electron chi connectivity index (χ3n) is 5.78. The zero-order chi connectivity index (χ0) is 23.0. The van der Waals surface area contributed by atoms with E-state index in [4.69, 9.17) is 4.52 Å². The number of nitrogens with zero attached hydrogens (tertiary/aromatic N) is 3. The Morgan fingerprint density at radius 2 is 1.67 bits per heavy atom. The van der Waals surface area contributed by atoms with E-state index in [0.717, 1.165) is 29.2 Å². The molecule has 0 atom stereocenters. The van der Waals surface area contributed by atoms with Crippen molar-refractivity contribution in [1.29, 1.82) is 0 Å². The topological polar surface area (TPSA) is 66.7 Å². The van der Waals surface area contributed by atoms with Gasteiger partial charge < -0.3 is 14.3 Å². The minimum Gasteiger partial charge on any atom is -0.360 e. The monoisotopic (exact) mass is 463 g/mol. The number of benzene rings is 2. The molecule has 3 aromatic rings. The van der Waals surface area contributed by atoms with Crippen molar-refractivity contribution in [2.45, 2.75) is 36.8 Å². The van der Waals surface area contributed by atoms with Gasteiger partial charge in [0.15, 0.2) is 0 Å². The van der Waals surface area contributed by atoms with Crippen LogP contribution in [-0.2, 0) is 17.0 Å². The minimum atomic E-state index is 0.0167. The molecule has 6 nitrogen and oxygen atoms in total. The fraction of sp³-hybridized carbons (Fsp3) is 0.346. The molecule has 2 amide bonds. The second kappa shape index (κ2) is 11.2. The van der Waals surface area contributed by atoms with E-state index in [1.807, 2.05) is 65.3 Å². The van der Waals surface area contributed by atoms with Crippen LogP contribution in [0.3, 0.4) is 0 Å². The van der Waals surface area contributed by atoms with Crippen LogP contribution in [0.5, 0.6) is 0 Å². The van der Waals surface area contributed by atoms with Crippen LogP contribution in [-0.4, -0.2) is 52.9 Å². The van der Waals surface area contributed by atoms with Crippen LogP contribution >= 0.6 is 11.8 Å². The molecule has 0 spiro atoms. The lowest BCUT2D eigenvalue weighted by atomic mass is 10.1. The second-order valence-electron chi connectivity index (χ2n) is 8.23. The highest BCUT2D eigenvalue weighted by atomic mass is 32.2. The van der Waals surface area contributed by atoms with E-state index in [1.54, 1.807) is 11.8 Å². The molecule has 0 unspecified atom stereocenters. The molecule has 0 aliphatic carbocycles. The second-order valence-corrected chi connectivity index (χ2v) is 9.25. The third-order valence-corrected chi connectivity index (χ3v) is 6.88. The summed E-state index contributed by atoms with van der Waals surface area (Å²) in [5.74, 6) is 1.61. The van der Waals surface area contributed by atoms with Gasteiger partial charge in [-0.3, -0.25) is 9.59 Å².